The number of hydrogen-bond donors (Lipinski definition) is 0. The van der Waals surface area contributed by atoms with Gasteiger partial charge in [-0.05, 0) is 54.4 Å². The molecule has 0 aliphatic carbocycles. The first-order chi connectivity index (χ1) is 16.3. The van der Waals surface area contributed by atoms with Gasteiger partial charge in [-0.15, -0.1) is 16.4 Å². The maximum absolute atomic E-state index is 5.06. The van der Waals surface area contributed by atoms with Crippen molar-refractivity contribution in [2.24, 2.45) is 0 Å². The Labute approximate surface area is 196 Å². The highest BCUT2D eigenvalue weighted by Gasteiger charge is 2.20. The molecule has 0 bridgehead atoms. The Kier molecular flexibility index (Phi) is 5.13. The van der Waals surface area contributed by atoms with Crippen LogP contribution in [0.1, 0.15) is 0 Å². The molecule has 0 N–H and O–H groups in total. The van der Waals surface area contributed by atoms with Gasteiger partial charge in [0.05, 0.1) is 5.69 Å². The fourth-order valence-electron chi connectivity index (χ4n) is 4.36. The summed E-state index contributed by atoms with van der Waals surface area (Å²) < 4.78 is 2.00. The van der Waals surface area contributed by atoms with Crippen LogP contribution in [0.2, 0.25) is 0 Å². The fourth-order valence-corrected chi connectivity index (χ4v) is 5.08. The Hall–Kier alpha value is -3.55. The van der Waals surface area contributed by atoms with Crippen LogP contribution >= 0.6 is 11.3 Å². The van der Waals surface area contributed by atoms with Gasteiger partial charge in [0.25, 0.3) is 0 Å². The molecule has 7 heteroatoms. The van der Waals surface area contributed by atoms with Gasteiger partial charge < -0.3 is 9.80 Å². The maximum atomic E-state index is 5.06. The standard InChI is InChI=1S/C26H24N6S/c1-30-13-15-31(16-14-30)24-8-7-23-28-25(26(32(23)29-24)19-9-11-27-12-10-19)21-5-2-4-20(18-21)22-6-3-17-33-22/h2-12,17-18H,13-16H2,1H3. The Morgan fingerprint density at radius 3 is 2.42 bits per heavy atom. The molecule has 4 aromatic heterocycles. The minimum atomic E-state index is 0.844. The van der Waals surface area contributed by atoms with Gasteiger partial charge in [0.1, 0.15) is 11.5 Å². The molecule has 164 valence electrons. The van der Waals surface area contributed by atoms with Crippen molar-refractivity contribution in [3.63, 3.8) is 0 Å². The average Bonchev–Trinajstić information content (AvgIpc) is 3.53. The second-order valence-electron chi connectivity index (χ2n) is 8.35. The van der Waals surface area contributed by atoms with E-state index in [4.69, 9.17) is 10.1 Å². The van der Waals surface area contributed by atoms with Crippen LogP contribution in [0.15, 0.2) is 78.4 Å². The molecule has 0 radical (unpaired) electrons. The zero-order valence-electron chi connectivity index (χ0n) is 18.4. The molecule has 5 heterocycles. The first-order valence-corrected chi connectivity index (χ1v) is 12.0. The zero-order chi connectivity index (χ0) is 22.2. The third kappa shape index (κ3) is 3.79. The summed E-state index contributed by atoms with van der Waals surface area (Å²) in [4.78, 5) is 15.2. The molecule has 0 spiro atoms. The van der Waals surface area contributed by atoms with Crippen LogP contribution in [0.5, 0.6) is 0 Å². The largest absolute Gasteiger partial charge is 0.353 e. The molecule has 1 aliphatic heterocycles. The van der Waals surface area contributed by atoms with E-state index in [-0.39, 0.29) is 0 Å². The highest BCUT2D eigenvalue weighted by Crippen LogP contribution is 2.35. The molecular formula is C26H24N6S. The quantitative estimate of drug-likeness (QED) is 0.387. The van der Waals surface area contributed by atoms with E-state index >= 15 is 0 Å². The second-order valence-corrected chi connectivity index (χ2v) is 9.30. The van der Waals surface area contributed by atoms with Crippen molar-refractivity contribution < 1.29 is 0 Å². The van der Waals surface area contributed by atoms with E-state index in [2.05, 4.69) is 75.7 Å². The Balaban J connectivity index is 1.51. The molecule has 0 unspecified atom stereocenters. The van der Waals surface area contributed by atoms with Crippen LogP contribution in [-0.2, 0) is 0 Å². The molecule has 0 atom stereocenters. The number of fused-ring (bicyclic) bond motifs is 1. The van der Waals surface area contributed by atoms with Gasteiger partial charge in [0, 0.05) is 54.6 Å². The Morgan fingerprint density at radius 2 is 1.64 bits per heavy atom. The van der Waals surface area contributed by atoms with E-state index < -0.39 is 0 Å². The van der Waals surface area contributed by atoms with Crippen molar-refractivity contribution in [3.8, 4) is 33.0 Å². The molecule has 1 aromatic carbocycles. The number of hydrogen-bond acceptors (Lipinski definition) is 6. The third-order valence-electron chi connectivity index (χ3n) is 6.19. The normalized spacial score (nSPS) is 14.8. The lowest BCUT2D eigenvalue weighted by atomic mass is 10.0. The summed E-state index contributed by atoms with van der Waals surface area (Å²) in [5.41, 5.74) is 6.10. The second kappa shape index (κ2) is 8.42. The lowest BCUT2D eigenvalue weighted by Gasteiger charge is -2.33. The van der Waals surface area contributed by atoms with Crippen LogP contribution in [0.4, 0.5) is 5.82 Å². The van der Waals surface area contributed by atoms with Crippen molar-refractivity contribution in [1.82, 2.24) is 24.5 Å². The molecular weight excluding hydrogens is 428 g/mol. The van der Waals surface area contributed by atoms with E-state index in [9.17, 15) is 0 Å². The van der Waals surface area contributed by atoms with Crippen molar-refractivity contribution in [1.29, 1.82) is 0 Å². The van der Waals surface area contributed by atoms with Crippen molar-refractivity contribution >= 4 is 22.8 Å². The number of imidazole rings is 1. The Morgan fingerprint density at radius 1 is 0.818 bits per heavy atom. The van der Waals surface area contributed by atoms with E-state index in [1.54, 1.807) is 11.3 Å². The SMILES string of the molecule is CN1CCN(c2ccc3nc(-c4cccc(-c5cccs5)c4)c(-c4ccncc4)n3n2)CC1. The highest BCUT2D eigenvalue weighted by atomic mass is 32.1. The summed E-state index contributed by atoms with van der Waals surface area (Å²) in [6.45, 7) is 4.04. The number of benzene rings is 1. The van der Waals surface area contributed by atoms with E-state index in [1.165, 1.54) is 10.4 Å². The molecule has 5 aromatic rings. The summed E-state index contributed by atoms with van der Waals surface area (Å²) in [5, 5.41) is 7.17. The number of nitrogens with zero attached hydrogens (tertiary/aromatic N) is 6. The number of anilines is 1. The van der Waals surface area contributed by atoms with E-state index in [0.29, 0.717) is 0 Å². The minimum absolute atomic E-state index is 0.844. The highest BCUT2D eigenvalue weighted by molar-refractivity contribution is 7.13. The van der Waals surface area contributed by atoms with E-state index in [0.717, 1.165) is 60.2 Å². The summed E-state index contributed by atoms with van der Waals surface area (Å²) in [6.07, 6.45) is 3.65. The number of pyridine rings is 1. The van der Waals surface area contributed by atoms with Crippen molar-refractivity contribution in [3.05, 3.63) is 78.4 Å². The van der Waals surface area contributed by atoms with Crippen LogP contribution < -0.4 is 4.90 Å². The van der Waals surface area contributed by atoms with Crippen LogP contribution in [-0.4, -0.2) is 57.7 Å². The summed E-state index contributed by atoms with van der Waals surface area (Å²) >= 11 is 1.75. The molecule has 0 amide bonds. The predicted octanol–water partition coefficient (Wildman–Crippen LogP) is 4.94. The van der Waals surface area contributed by atoms with Gasteiger partial charge in [-0.1, -0.05) is 24.3 Å². The lowest BCUT2D eigenvalue weighted by Crippen LogP contribution is -2.44. The van der Waals surface area contributed by atoms with Crippen LogP contribution in [0.25, 0.3) is 38.6 Å². The number of rotatable bonds is 4. The number of likely N-dealkylation sites (N-methyl/N-ethyl adjacent to an activating group) is 1. The van der Waals surface area contributed by atoms with Gasteiger partial charge in [-0.25, -0.2) is 9.50 Å². The summed E-state index contributed by atoms with van der Waals surface area (Å²) in [6, 6.07) is 21.1. The smallest absolute Gasteiger partial charge is 0.155 e. The monoisotopic (exact) mass is 452 g/mol. The van der Waals surface area contributed by atoms with Crippen molar-refractivity contribution in [2.45, 2.75) is 0 Å². The van der Waals surface area contributed by atoms with Gasteiger partial charge in [0.15, 0.2) is 5.65 Å². The number of aromatic nitrogens is 4. The van der Waals surface area contributed by atoms with Gasteiger partial charge in [-0.3, -0.25) is 4.98 Å². The fraction of sp³-hybridized carbons (Fsp3) is 0.192. The zero-order valence-corrected chi connectivity index (χ0v) is 19.2. The van der Waals surface area contributed by atoms with Crippen molar-refractivity contribution in [2.75, 3.05) is 38.1 Å². The first kappa shape index (κ1) is 20.1. The number of thiophene rings is 1. The topological polar surface area (TPSA) is 49.6 Å². The number of piperazine rings is 1. The first-order valence-electron chi connectivity index (χ1n) is 11.1. The molecule has 33 heavy (non-hydrogen) atoms. The maximum Gasteiger partial charge on any atom is 0.155 e. The van der Waals surface area contributed by atoms with Gasteiger partial charge in [-0.2, -0.15) is 0 Å². The Bertz CT molecular complexity index is 1390. The van der Waals surface area contributed by atoms with Gasteiger partial charge in [0.2, 0.25) is 0 Å². The predicted molar refractivity (Wildman–Crippen MR) is 135 cm³/mol. The van der Waals surface area contributed by atoms with Gasteiger partial charge >= 0.3 is 0 Å². The molecule has 1 fully saturated rings. The third-order valence-corrected chi connectivity index (χ3v) is 7.11. The minimum Gasteiger partial charge on any atom is -0.353 e. The van der Waals surface area contributed by atoms with E-state index in [1.807, 2.05) is 29.0 Å². The summed E-state index contributed by atoms with van der Waals surface area (Å²) in [5.74, 6) is 0.988. The van der Waals surface area contributed by atoms with Crippen LogP contribution in [0.3, 0.4) is 0 Å². The van der Waals surface area contributed by atoms with Crippen LogP contribution in [0, 0.1) is 0 Å². The molecule has 6 rings (SSSR count). The lowest BCUT2D eigenvalue weighted by molar-refractivity contribution is 0.311. The molecule has 1 aliphatic rings. The average molecular weight is 453 g/mol. The molecule has 0 saturated carbocycles. The molecule has 1 saturated heterocycles. The molecule has 6 nitrogen and oxygen atoms in total. The summed E-state index contributed by atoms with van der Waals surface area (Å²) in [7, 11) is 2.17.